The Kier molecular flexibility index (Phi) is 8.14. The fourth-order valence-corrected chi connectivity index (χ4v) is 3.88. The summed E-state index contributed by atoms with van der Waals surface area (Å²) in [6.07, 6.45) is 0.768. The van der Waals surface area contributed by atoms with Crippen LogP contribution in [0.25, 0.3) is 0 Å². The summed E-state index contributed by atoms with van der Waals surface area (Å²) >= 11 is 6.16. The van der Waals surface area contributed by atoms with Gasteiger partial charge < -0.3 is 19.5 Å². The summed E-state index contributed by atoms with van der Waals surface area (Å²) in [5.74, 6) is 0.934. The van der Waals surface area contributed by atoms with Gasteiger partial charge in [0.25, 0.3) is 0 Å². The third kappa shape index (κ3) is 6.73. The SMILES string of the molecule is CC(=O)CCc1ccc(OC[C@H](O)CN2CCN(c3cc(Cl)ccc3C)CC2)cc1. The lowest BCUT2D eigenvalue weighted by Gasteiger charge is -2.37. The van der Waals surface area contributed by atoms with Crippen LogP contribution in [0, 0.1) is 6.92 Å². The lowest BCUT2D eigenvalue weighted by atomic mass is 10.1. The number of β-amino-alcohol motifs (C(OH)–C–C–N with tert-alkyl or cyclic N) is 1. The van der Waals surface area contributed by atoms with Crippen LogP contribution in [0.3, 0.4) is 0 Å². The number of carbonyl (C=O) groups is 1. The summed E-state index contributed by atoms with van der Waals surface area (Å²) in [6, 6.07) is 13.8. The molecule has 1 N–H and O–H groups in total. The largest absolute Gasteiger partial charge is 0.491 e. The molecule has 0 bridgehead atoms. The fourth-order valence-electron chi connectivity index (χ4n) is 3.71. The summed E-state index contributed by atoms with van der Waals surface area (Å²) in [5.41, 5.74) is 3.54. The zero-order valence-corrected chi connectivity index (χ0v) is 18.6. The number of hydrogen-bond acceptors (Lipinski definition) is 5. The van der Waals surface area contributed by atoms with E-state index in [0.717, 1.165) is 48.9 Å². The average Bonchev–Trinajstić information content (AvgIpc) is 2.74. The molecule has 1 fully saturated rings. The van der Waals surface area contributed by atoms with Crippen molar-refractivity contribution in [2.75, 3.05) is 44.2 Å². The molecule has 0 amide bonds. The number of hydrogen-bond donors (Lipinski definition) is 1. The normalized spacial score (nSPS) is 15.8. The van der Waals surface area contributed by atoms with Crippen molar-refractivity contribution in [2.24, 2.45) is 0 Å². The van der Waals surface area contributed by atoms with E-state index in [4.69, 9.17) is 16.3 Å². The van der Waals surface area contributed by atoms with E-state index in [2.05, 4.69) is 22.8 Å². The highest BCUT2D eigenvalue weighted by Gasteiger charge is 2.21. The van der Waals surface area contributed by atoms with Crippen LogP contribution in [0.2, 0.25) is 5.02 Å². The number of aryl methyl sites for hydroxylation is 2. The maximum atomic E-state index is 11.1. The number of aliphatic hydroxyl groups excluding tert-OH is 1. The lowest BCUT2D eigenvalue weighted by molar-refractivity contribution is -0.116. The molecular weight excluding hydrogens is 400 g/mol. The Balaban J connectivity index is 1.40. The number of Topliss-reactive ketones (excluding diaryl/α,β-unsaturated/α-hetero) is 1. The molecule has 1 aliphatic heterocycles. The van der Waals surface area contributed by atoms with Gasteiger partial charge in [0.1, 0.15) is 24.2 Å². The smallest absolute Gasteiger partial charge is 0.130 e. The van der Waals surface area contributed by atoms with Crippen LogP contribution < -0.4 is 9.64 Å². The van der Waals surface area contributed by atoms with Crippen LogP contribution in [0.1, 0.15) is 24.5 Å². The molecule has 1 aliphatic rings. The predicted octanol–water partition coefficient (Wildman–Crippen LogP) is 3.73. The highest BCUT2D eigenvalue weighted by atomic mass is 35.5. The molecule has 0 unspecified atom stereocenters. The van der Waals surface area contributed by atoms with Gasteiger partial charge in [-0.25, -0.2) is 0 Å². The molecule has 6 heteroatoms. The second-order valence-electron chi connectivity index (χ2n) is 8.03. The monoisotopic (exact) mass is 430 g/mol. The fraction of sp³-hybridized carbons (Fsp3) is 0.458. The lowest BCUT2D eigenvalue weighted by Crippen LogP contribution is -2.49. The molecule has 1 saturated heterocycles. The Morgan fingerprint density at radius 3 is 2.50 bits per heavy atom. The van der Waals surface area contributed by atoms with Crippen molar-refractivity contribution < 1.29 is 14.6 Å². The Bertz CT molecular complexity index is 833. The Hall–Kier alpha value is -2.08. The summed E-state index contributed by atoms with van der Waals surface area (Å²) in [5, 5.41) is 11.2. The predicted molar refractivity (Wildman–Crippen MR) is 122 cm³/mol. The Morgan fingerprint density at radius 2 is 1.83 bits per heavy atom. The number of ketones is 1. The third-order valence-electron chi connectivity index (χ3n) is 5.48. The highest BCUT2D eigenvalue weighted by molar-refractivity contribution is 6.30. The number of benzene rings is 2. The maximum Gasteiger partial charge on any atom is 0.130 e. The number of piperazine rings is 1. The molecule has 2 aromatic carbocycles. The molecule has 0 aliphatic carbocycles. The molecule has 1 heterocycles. The first-order valence-electron chi connectivity index (χ1n) is 10.5. The molecule has 30 heavy (non-hydrogen) atoms. The molecule has 0 saturated carbocycles. The van der Waals surface area contributed by atoms with Crippen LogP contribution >= 0.6 is 11.6 Å². The van der Waals surface area contributed by atoms with Crippen molar-refractivity contribution in [3.05, 3.63) is 58.6 Å². The van der Waals surface area contributed by atoms with E-state index < -0.39 is 6.10 Å². The highest BCUT2D eigenvalue weighted by Crippen LogP contribution is 2.25. The van der Waals surface area contributed by atoms with Crippen molar-refractivity contribution >= 4 is 23.1 Å². The second-order valence-corrected chi connectivity index (χ2v) is 8.47. The summed E-state index contributed by atoms with van der Waals surface area (Å²) < 4.78 is 5.74. The molecule has 3 rings (SSSR count). The van der Waals surface area contributed by atoms with Crippen LogP contribution in [0.5, 0.6) is 5.75 Å². The topological polar surface area (TPSA) is 53.0 Å². The van der Waals surface area contributed by atoms with Crippen LogP contribution in [-0.2, 0) is 11.2 Å². The average molecular weight is 431 g/mol. The van der Waals surface area contributed by atoms with Crippen LogP contribution in [0.15, 0.2) is 42.5 Å². The van der Waals surface area contributed by atoms with E-state index in [1.165, 1.54) is 11.3 Å². The minimum Gasteiger partial charge on any atom is -0.491 e. The molecule has 0 spiro atoms. The molecule has 1 atom stereocenters. The van der Waals surface area contributed by atoms with Gasteiger partial charge >= 0.3 is 0 Å². The van der Waals surface area contributed by atoms with E-state index >= 15 is 0 Å². The van der Waals surface area contributed by atoms with Gasteiger partial charge in [-0.15, -0.1) is 0 Å². The Morgan fingerprint density at radius 1 is 1.13 bits per heavy atom. The van der Waals surface area contributed by atoms with Gasteiger partial charge in [0.15, 0.2) is 0 Å². The molecule has 5 nitrogen and oxygen atoms in total. The quantitative estimate of drug-likeness (QED) is 0.656. The molecule has 162 valence electrons. The van der Waals surface area contributed by atoms with Crippen molar-refractivity contribution in [3.8, 4) is 5.75 Å². The van der Waals surface area contributed by atoms with E-state index in [0.29, 0.717) is 13.0 Å². The van der Waals surface area contributed by atoms with Gasteiger partial charge in [0.05, 0.1) is 0 Å². The molecular formula is C24H31ClN2O3. The van der Waals surface area contributed by atoms with Crippen molar-refractivity contribution in [3.63, 3.8) is 0 Å². The van der Waals surface area contributed by atoms with Crippen LogP contribution in [-0.4, -0.2) is 61.2 Å². The van der Waals surface area contributed by atoms with Gasteiger partial charge in [-0.3, -0.25) is 4.90 Å². The maximum absolute atomic E-state index is 11.1. The molecule has 0 radical (unpaired) electrons. The first-order valence-corrected chi connectivity index (χ1v) is 10.9. The van der Waals surface area contributed by atoms with Gasteiger partial charge in [0.2, 0.25) is 0 Å². The van der Waals surface area contributed by atoms with Gasteiger partial charge in [-0.05, 0) is 55.7 Å². The third-order valence-corrected chi connectivity index (χ3v) is 5.72. The zero-order valence-electron chi connectivity index (χ0n) is 17.8. The number of nitrogens with zero attached hydrogens (tertiary/aromatic N) is 2. The Labute approximate surface area is 184 Å². The van der Waals surface area contributed by atoms with E-state index in [-0.39, 0.29) is 12.4 Å². The first kappa shape index (κ1) is 22.6. The number of halogens is 1. The van der Waals surface area contributed by atoms with E-state index in [9.17, 15) is 9.90 Å². The van der Waals surface area contributed by atoms with Crippen molar-refractivity contribution in [2.45, 2.75) is 32.8 Å². The van der Waals surface area contributed by atoms with Crippen molar-refractivity contribution in [1.29, 1.82) is 0 Å². The van der Waals surface area contributed by atoms with Gasteiger partial charge in [0, 0.05) is 49.9 Å². The van der Waals surface area contributed by atoms with Gasteiger partial charge in [-0.1, -0.05) is 29.8 Å². The zero-order chi connectivity index (χ0) is 21.5. The first-order chi connectivity index (χ1) is 14.4. The number of rotatable bonds is 9. The number of anilines is 1. The number of carbonyl (C=O) groups excluding carboxylic acids is 1. The van der Waals surface area contributed by atoms with Crippen LogP contribution in [0.4, 0.5) is 5.69 Å². The van der Waals surface area contributed by atoms with E-state index in [1.54, 1.807) is 6.92 Å². The molecule has 2 aromatic rings. The minimum atomic E-state index is -0.540. The van der Waals surface area contributed by atoms with Crippen molar-refractivity contribution in [1.82, 2.24) is 4.90 Å². The molecule has 0 aromatic heterocycles. The second kappa shape index (κ2) is 10.8. The summed E-state index contributed by atoms with van der Waals surface area (Å²) in [6.45, 7) is 8.19. The standard InChI is InChI=1S/C24H31ClN2O3/c1-18-3-8-21(25)15-24(18)27-13-11-26(12-14-27)16-22(29)17-30-23-9-6-20(7-10-23)5-4-19(2)28/h3,6-10,15,22,29H,4-5,11-14,16-17H2,1-2H3/t22-/m1/s1. The van der Waals surface area contributed by atoms with E-state index in [1.807, 2.05) is 36.4 Å². The number of aliphatic hydroxyl groups is 1. The minimum absolute atomic E-state index is 0.196. The number of ether oxygens (including phenoxy) is 1. The summed E-state index contributed by atoms with van der Waals surface area (Å²) in [4.78, 5) is 15.7. The summed E-state index contributed by atoms with van der Waals surface area (Å²) in [7, 11) is 0. The van der Waals surface area contributed by atoms with Gasteiger partial charge in [-0.2, -0.15) is 0 Å².